The van der Waals surface area contributed by atoms with Crippen LogP contribution in [0.4, 0.5) is 18.9 Å². The fraction of sp³-hybridized carbons (Fsp3) is 0.190. The monoisotopic (exact) mass is 489 g/mol. The highest BCUT2D eigenvalue weighted by atomic mass is 32.2. The molecule has 0 unspecified atom stereocenters. The van der Waals surface area contributed by atoms with E-state index in [4.69, 9.17) is 4.42 Å². The Balaban J connectivity index is 1.54. The molecule has 0 spiro atoms. The Morgan fingerprint density at radius 1 is 1.29 bits per heavy atom. The molecule has 0 bridgehead atoms. The molecule has 1 N–H and O–H groups in total. The van der Waals surface area contributed by atoms with Gasteiger partial charge in [0.1, 0.15) is 18.4 Å². The minimum absolute atomic E-state index is 0.0480. The predicted molar refractivity (Wildman–Crippen MR) is 118 cm³/mol. The summed E-state index contributed by atoms with van der Waals surface area (Å²) in [6, 6.07) is 4.76. The molecule has 0 saturated heterocycles. The zero-order chi connectivity index (χ0) is 24.3. The van der Waals surface area contributed by atoms with Crippen LogP contribution in [0.3, 0.4) is 0 Å². The molecule has 0 aliphatic carbocycles. The average molecular weight is 489 g/mol. The molecule has 3 heterocycles. The van der Waals surface area contributed by atoms with Crippen LogP contribution in [0.25, 0.3) is 17.1 Å². The van der Waals surface area contributed by atoms with E-state index >= 15 is 0 Å². The normalized spacial score (nSPS) is 11.5. The Kier molecular flexibility index (Phi) is 6.54. The number of aryl methyl sites for hydroxylation is 1. The van der Waals surface area contributed by atoms with Gasteiger partial charge < -0.3 is 9.73 Å². The largest absolute Gasteiger partial charge is 0.469 e. The lowest BCUT2D eigenvalue weighted by Crippen LogP contribution is -2.17. The molecule has 1 aromatic carbocycles. The van der Waals surface area contributed by atoms with Crippen molar-refractivity contribution in [3.05, 3.63) is 67.2 Å². The fourth-order valence-corrected chi connectivity index (χ4v) is 3.91. The molecule has 13 heteroatoms. The number of nitrogens with one attached hydrogen (secondary N) is 1. The number of carbonyl (C=O) groups excluding carboxylic acids is 1. The molecular weight excluding hydrogens is 471 g/mol. The Morgan fingerprint density at radius 3 is 2.76 bits per heavy atom. The Bertz CT molecular complexity index is 1310. The lowest BCUT2D eigenvalue weighted by molar-refractivity contribution is -0.137. The fourth-order valence-electron chi connectivity index (χ4n) is 3.17. The maximum Gasteiger partial charge on any atom is 0.416 e. The summed E-state index contributed by atoms with van der Waals surface area (Å²) in [4.78, 5) is 16.5. The summed E-state index contributed by atoms with van der Waals surface area (Å²) in [5.74, 6) is 0.574. The van der Waals surface area contributed by atoms with E-state index in [1.807, 2.05) is 0 Å². The topological polar surface area (TPSA) is 104 Å². The number of rotatable bonds is 8. The maximum absolute atomic E-state index is 13.2. The molecule has 0 atom stereocenters. The highest BCUT2D eigenvalue weighted by Crippen LogP contribution is 2.33. The van der Waals surface area contributed by atoms with E-state index in [1.165, 1.54) is 23.4 Å². The van der Waals surface area contributed by atoms with Crippen LogP contribution in [0.2, 0.25) is 0 Å². The number of benzene rings is 1. The van der Waals surface area contributed by atoms with E-state index in [0.29, 0.717) is 23.3 Å². The van der Waals surface area contributed by atoms with Gasteiger partial charge in [0.05, 0.1) is 34.5 Å². The number of amides is 1. The first-order chi connectivity index (χ1) is 16.3. The highest BCUT2D eigenvalue weighted by Gasteiger charge is 2.31. The van der Waals surface area contributed by atoms with E-state index in [1.54, 1.807) is 29.9 Å². The van der Waals surface area contributed by atoms with Crippen molar-refractivity contribution in [1.29, 1.82) is 0 Å². The molecule has 34 heavy (non-hydrogen) atoms. The highest BCUT2D eigenvalue weighted by molar-refractivity contribution is 7.99. The molecule has 0 fully saturated rings. The zero-order valence-electron chi connectivity index (χ0n) is 17.8. The molecule has 9 nitrogen and oxygen atoms in total. The van der Waals surface area contributed by atoms with Crippen molar-refractivity contribution in [2.24, 2.45) is 0 Å². The number of hydrogen-bond acceptors (Lipinski definition) is 7. The first-order valence-electron chi connectivity index (χ1n) is 9.85. The maximum atomic E-state index is 13.2. The molecule has 176 valence electrons. The molecular formula is C21H18F3N7O2S. The summed E-state index contributed by atoms with van der Waals surface area (Å²) in [6.07, 6.45) is 1.20. The quantitative estimate of drug-likeness (QED) is 0.290. The number of nitrogens with zero attached hydrogens (tertiary/aromatic N) is 6. The number of thioether (sulfide) groups is 1. The Labute approximate surface area is 195 Å². The number of furan rings is 1. The van der Waals surface area contributed by atoms with Crippen LogP contribution in [0.5, 0.6) is 0 Å². The van der Waals surface area contributed by atoms with Crippen molar-refractivity contribution in [1.82, 2.24) is 29.5 Å². The number of alkyl halides is 3. The molecule has 3 aromatic heterocycles. The molecule has 4 aromatic rings. The number of carbonyl (C=O) groups is 1. The molecule has 1 amide bonds. The van der Waals surface area contributed by atoms with E-state index in [9.17, 15) is 18.0 Å². The molecule has 0 saturated carbocycles. The van der Waals surface area contributed by atoms with Gasteiger partial charge in [-0.05, 0) is 31.2 Å². The van der Waals surface area contributed by atoms with Crippen molar-refractivity contribution in [3.63, 3.8) is 0 Å². The van der Waals surface area contributed by atoms with Crippen LogP contribution in [0, 0.1) is 6.92 Å². The molecule has 0 aliphatic heterocycles. The first kappa shape index (κ1) is 23.3. The van der Waals surface area contributed by atoms with Crippen molar-refractivity contribution in [2.75, 3.05) is 11.1 Å². The summed E-state index contributed by atoms with van der Waals surface area (Å²) in [6.45, 7) is 5.93. The van der Waals surface area contributed by atoms with Crippen LogP contribution in [0.15, 0.2) is 65.4 Å². The standard InChI is InChI=1S/C21H18F3N7O2S/c1-3-7-30-19(15-6-8-33-13(15)2)28-29-20(30)34-10-18(32)27-16-9-14(21(22,23)24)4-5-17(16)31-12-25-11-26-31/h3-6,8-9,11-12H,1,7,10H2,2H3,(H,27,32). The van der Waals surface area contributed by atoms with E-state index < -0.39 is 17.6 Å². The van der Waals surface area contributed by atoms with Gasteiger partial charge >= 0.3 is 6.18 Å². The van der Waals surface area contributed by atoms with Gasteiger partial charge in [0, 0.05) is 6.54 Å². The number of anilines is 1. The third-order valence-corrected chi connectivity index (χ3v) is 5.69. The van der Waals surface area contributed by atoms with Crippen molar-refractivity contribution < 1.29 is 22.4 Å². The lowest BCUT2D eigenvalue weighted by Gasteiger charge is -2.14. The Hall–Kier alpha value is -3.87. The number of aromatic nitrogens is 6. The first-order valence-corrected chi connectivity index (χ1v) is 10.8. The molecule has 4 rings (SSSR count). The van der Waals surface area contributed by atoms with Gasteiger partial charge in [-0.15, -0.1) is 16.8 Å². The van der Waals surface area contributed by atoms with Crippen LogP contribution in [-0.2, 0) is 17.5 Å². The van der Waals surface area contributed by atoms with Crippen molar-refractivity contribution in [3.8, 4) is 17.1 Å². The smallest absolute Gasteiger partial charge is 0.416 e. The van der Waals surface area contributed by atoms with Gasteiger partial charge in [-0.25, -0.2) is 9.67 Å². The molecule has 0 aliphatic rings. The lowest BCUT2D eigenvalue weighted by atomic mass is 10.1. The third-order valence-electron chi connectivity index (χ3n) is 4.72. The van der Waals surface area contributed by atoms with Crippen LogP contribution < -0.4 is 5.32 Å². The van der Waals surface area contributed by atoms with Crippen molar-refractivity contribution in [2.45, 2.75) is 24.8 Å². The number of hydrogen-bond donors (Lipinski definition) is 1. The minimum atomic E-state index is -4.57. The van der Waals surface area contributed by atoms with Gasteiger partial charge in [-0.3, -0.25) is 9.36 Å². The second-order valence-electron chi connectivity index (χ2n) is 7.00. The second kappa shape index (κ2) is 9.55. The predicted octanol–water partition coefficient (Wildman–Crippen LogP) is 4.36. The minimum Gasteiger partial charge on any atom is -0.469 e. The molecule has 0 radical (unpaired) electrons. The van der Waals surface area contributed by atoms with Crippen molar-refractivity contribution >= 4 is 23.4 Å². The average Bonchev–Trinajstić information content (AvgIpc) is 3.54. The van der Waals surface area contributed by atoms with Crippen LogP contribution in [-0.4, -0.2) is 41.2 Å². The summed E-state index contributed by atoms with van der Waals surface area (Å²) in [7, 11) is 0. The van der Waals surface area contributed by atoms with Gasteiger partial charge in [0.2, 0.25) is 5.91 Å². The number of allylic oxidation sites excluding steroid dienone is 1. The zero-order valence-corrected chi connectivity index (χ0v) is 18.6. The van der Waals surface area contributed by atoms with Gasteiger partial charge in [0.15, 0.2) is 11.0 Å². The van der Waals surface area contributed by atoms with Gasteiger partial charge in [-0.2, -0.15) is 18.3 Å². The third kappa shape index (κ3) is 4.88. The summed E-state index contributed by atoms with van der Waals surface area (Å²) >= 11 is 1.09. The second-order valence-corrected chi connectivity index (χ2v) is 7.95. The van der Waals surface area contributed by atoms with Gasteiger partial charge in [0.25, 0.3) is 0 Å². The Morgan fingerprint density at radius 2 is 2.12 bits per heavy atom. The van der Waals surface area contributed by atoms with Crippen LogP contribution in [0.1, 0.15) is 11.3 Å². The summed E-state index contributed by atoms with van der Waals surface area (Å²) in [5.41, 5.74) is 0.0573. The summed E-state index contributed by atoms with van der Waals surface area (Å²) < 4.78 is 48.1. The number of halogens is 3. The van der Waals surface area contributed by atoms with E-state index in [0.717, 1.165) is 29.5 Å². The van der Waals surface area contributed by atoms with Crippen LogP contribution >= 0.6 is 11.8 Å². The van der Waals surface area contributed by atoms with E-state index in [-0.39, 0.29) is 17.1 Å². The van der Waals surface area contributed by atoms with Gasteiger partial charge in [-0.1, -0.05) is 17.8 Å². The summed E-state index contributed by atoms with van der Waals surface area (Å²) in [5, 5.41) is 15.3. The SMILES string of the molecule is C=CCn1c(SCC(=O)Nc2cc(C(F)(F)F)ccc2-n2cncn2)nnc1-c1ccoc1C. The van der Waals surface area contributed by atoms with E-state index in [2.05, 4.69) is 32.2 Å².